The maximum absolute atomic E-state index is 5.79. The van der Waals surface area contributed by atoms with E-state index in [2.05, 4.69) is 40.1 Å². The highest BCUT2D eigenvalue weighted by atomic mass is 32.2. The Hall–Kier alpha value is -1.21. The Morgan fingerprint density at radius 1 is 1.29 bits per heavy atom. The van der Waals surface area contributed by atoms with Gasteiger partial charge in [0.1, 0.15) is 23.0 Å². The summed E-state index contributed by atoms with van der Waals surface area (Å²) < 4.78 is 4.80. The maximum atomic E-state index is 5.79. The summed E-state index contributed by atoms with van der Waals surface area (Å²) in [5.41, 5.74) is 5.67. The first-order chi connectivity index (χ1) is 7.95. The number of nitrogens with zero attached hydrogens (tertiary/aromatic N) is 4. The summed E-state index contributed by atoms with van der Waals surface area (Å²) in [5, 5.41) is 0.805. The molecule has 0 radical (unpaired) electrons. The van der Waals surface area contributed by atoms with E-state index in [1.807, 2.05) is 0 Å². The van der Waals surface area contributed by atoms with Crippen molar-refractivity contribution >= 4 is 29.1 Å². The van der Waals surface area contributed by atoms with Gasteiger partial charge >= 0.3 is 0 Å². The lowest BCUT2D eigenvalue weighted by Gasteiger charge is -2.17. The van der Waals surface area contributed by atoms with E-state index in [0.29, 0.717) is 5.82 Å². The second-order valence-corrected chi connectivity index (χ2v) is 6.56. The summed E-state index contributed by atoms with van der Waals surface area (Å²) in [7, 11) is 0. The molecule has 0 atom stereocenters. The van der Waals surface area contributed by atoms with E-state index < -0.39 is 0 Å². The third-order valence-corrected chi connectivity index (χ3v) is 3.56. The molecular weight excluding hydrogens is 254 g/mol. The fourth-order valence-corrected chi connectivity index (χ4v) is 2.53. The normalized spacial score (nSPS) is 11.7. The zero-order valence-electron chi connectivity index (χ0n) is 9.84. The minimum atomic E-state index is -0.119. The van der Waals surface area contributed by atoms with Crippen LogP contribution in [0.5, 0.6) is 0 Å². The summed E-state index contributed by atoms with van der Waals surface area (Å²) in [6, 6.07) is 1.75. The molecule has 90 valence electrons. The molecule has 7 heteroatoms. The van der Waals surface area contributed by atoms with Gasteiger partial charge in [0.05, 0.1) is 0 Å². The quantitative estimate of drug-likeness (QED) is 0.842. The van der Waals surface area contributed by atoms with Crippen LogP contribution in [0.4, 0.5) is 5.82 Å². The Morgan fingerprint density at radius 2 is 2.06 bits per heavy atom. The molecule has 17 heavy (non-hydrogen) atoms. The highest BCUT2D eigenvalue weighted by Crippen LogP contribution is 2.29. The first-order valence-corrected chi connectivity index (χ1v) is 6.64. The molecule has 0 saturated carbocycles. The number of hydrogen-bond acceptors (Lipinski definition) is 7. The van der Waals surface area contributed by atoms with E-state index in [-0.39, 0.29) is 5.41 Å². The fourth-order valence-electron chi connectivity index (χ4n) is 1.13. The van der Waals surface area contributed by atoms with E-state index in [1.54, 1.807) is 6.07 Å². The zero-order chi connectivity index (χ0) is 12.5. The van der Waals surface area contributed by atoms with Gasteiger partial charge < -0.3 is 5.73 Å². The molecule has 2 N–H and O–H groups in total. The average molecular weight is 267 g/mol. The molecule has 2 rings (SSSR count). The lowest BCUT2D eigenvalue weighted by molar-refractivity contribution is 0.540. The maximum Gasteiger partial charge on any atom is 0.175 e. The van der Waals surface area contributed by atoms with Crippen molar-refractivity contribution < 1.29 is 0 Å². The molecule has 2 aromatic heterocycles. The van der Waals surface area contributed by atoms with Crippen molar-refractivity contribution in [2.75, 3.05) is 5.73 Å². The van der Waals surface area contributed by atoms with Crippen LogP contribution in [-0.2, 0) is 5.41 Å². The van der Waals surface area contributed by atoms with Crippen molar-refractivity contribution in [3.05, 3.63) is 18.2 Å². The van der Waals surface area contributed by atoms with Gasteiger partial charge in [-0.1, -0.05) is 20.8 Å². The highest BCUT2D eigenvalue weighted by molar-refractivity contribution is 8.00. The molecule has 0 aliphatic heterocycles. The SMILES string of the molecule is CC(C)(C)c1nc(N)cc(Sc2ncns2)n1. The van der Waals surface area contributed by atoms with Crippen LogP contribution in [-0.4, -0.2) is 19.3 Å². The fraction of sp³-hybridized carbons (Fsp3) is 0.400. The molecule has 2 heterocycles. The predicted molar refractivity (Wildman–Crippen MR) is 69.2 cm³/mol. The predicted octanol–water partition coefficient (Wildman–Crippen LogP) is 2.36. The van der Waals surface area contributed by atoms with Crippen LogP contribution in [0.3, 0.4) is 0 Å². The summed E-state index contributed by atoms with van der Waals surface area (Å²) in [5.74, 6) is 1.22. The Kier molecular flexibility index (Phi) is 3.30. The molecule has 0 saturated heterocycles. The van der Waals surface area contributed by atoms with Crippen LogP contribution in [0, 0.1) is 0 Å². The van der Waals surface area contributed by atoms with E-state index in [0.717, 1.165) is 15.2 Å². The molecule has 0 aliphatic carbocycles. The Morgan fingerprint density at radius 3 is 2.65 bits per heavy atom. The Labute approximate surface area is 108 Å². The Balaban J connectivity index is 2.32. The minimum Gasteiger partial charge on any atom is -0.384 e. The lowest BCUT2D eigenvalue weighted by atomic mass is 9.96. The summed E-state index contributed by atoms with van der Waals surface area (Å²) in [6.07, 6.45) is 1.53. The van der Waals surface area contributed by atoms with Crippen LogP contribution in [0.25, 0.3) is 0 Å². The minimum absolute atomic E-state index is 0.119. The smallest absolute Gasteiger partial charge is 0.175 e. The van der Waals surface area contributed by atoms with Crippen LogP contribution in [0.15, 0.2) is 21.8 Å². The topological polar surface area (TPSA) is 77.6 Å². The summed E-state index contributed by atoms with van der Waals surface area (Å²) in [6.45, 7) is 6.17. The molecule has 0 aliphatic rings. The monoisotopic (exact) mass is 267 g/mol. The van der Waals surface area contributed by atoms with E-state index >= 15 is 0 Å². The lowest BCUT2D eigenvalue weighted by Crippen LogP contribution is -2.17. The zero-order valence-corrected chi connectivity index (χ0v) is 11.5. The number of nitrogens with two attached hydrogens (primary N) is 1. The van der Waals surface area contributed by atoms with Crippen molar-refractivity contribution in [1.29, 1.82) is 0 Å². The van der Waals surface area contributed by atoms with Gasteiger partial charge in [-0.15, -0.1) is 0 Å². The number of anilines is 1. The van der Waals surface area contributed by atoms with Gasteiger partial charge in [0.2, 0.25) is 0 Å². The molecule has 2 aromatic rings. The average Bonchev–Trinajstić information content (AvgIpc) is 2.68. The summed E-state index contributed by atoms with van der Waals surface area (Å²) in [4.78, 5) is 12.8. The van der Waals surface area contributed by atoms with Gasteiger partial charge in [0.15, 0.2) is 4.34 Å². The molecule has 5 nitrogen and oxygen atoms in total. The highest BCUT2D eigenvalue weighted by Gasteiger charge is 2.19. The van der Waals surface area contributed by atoms with Crippen molar-refractivity contribution in [1.82, 2.24) is 19.3 Å². The number of hydrogen-bond donors (Lipinski definition) is 1. The molecule has 0 fully saturated rings. The molecule has 0 amide bonds. The second kappa shape index (κ2) is 4.58. The number of aromatic nitrogens is 4. The van der Waals surface area contributed by atoms with Crippen LogP contribution < -0.4 is 5.73 Å². The molecule has 0 unspecified atom stereocenters. The second-order valence-electron chi connectivity index (χ2n) is 4.51. The van der Waals surface area contributed by atoms with Gasteiger partial charge in [-0.3, -0.25) is 0 Å². The third-order valence-electron chi connectivity index (χ3n) is 1.93. The largest absolute Gasteiger partial charge is 0.384 e. The van der Waals surface area contributed by atoms with E-state index in [1.165, 1.54) is 29.6 Å². The first kappa shape index (κ1) is 12.3. The third kappa shape index (κ3) is 3.13. The molecule has 0 bridgehead atoms. The number of nitrogen functional groups attached to an aromatic ring is 1. The molecule has 0 spiro atoms. The van der Waals surface area contributed by atoms with Gasteiger partial charge in [-0.05, 0) is 23.3 Å². The van der Waals surface area contributed by atoms with Crippen LogP contribution >= 0.6 is 23.3 Å². The van der Waals surface area contributed by atoms with Crippen molar-refractivity contribution in [3.8, 4) is 0 Å². The van der Waals surface area contributed by atoms with Gasteiger partial charge in [-0.25, -0.2) is 15.0 Å². The van der Waals surface area contributed by atoms with E-state index in [4.69, 9.17) is 5.73 Å². The summed E-state index contributed by atoms with van der Waals surface area (Å²) >= 11 is 2.79. The van der Waals surface area contributed by atoms with E-state index in [9.17, 15) is 0 Å². The van der Waals surface area contributed by atoms with Gasteiger partial charge in [0, 0.05) is 11.5 Å². The van der Waals surface area contributed by atoms with Crippen molar-refractivity contribution in [2.45, 2.75) is 35.6 Å². The molecule has 0 aromatic carbocycles. The van der Waals surface area contributed by atoms with Crippen molar-refractivity contribution in [2.24, 2.45) is 0 Å². The van der Waals surface area contributed by atoms with Crippen molar-refractivity contribution in [3.63, 3.8) is 0 Å². The van der Waals surface area contributed by atoms with Gasteiger partial charge in [-0.2, -0.15) is 4.37 Å². The first-order valence-electron chi connectivity index (χ1n) is 5.05. The standard InChI is InChI=1S/C10H13N5S2/c1-10(2,3)8-14-6(11)4-7(15-8)16-9-12-5-13-17-9/h4-5H,1-3H3,(H2,11,14,15). The Bertz CT molecular complexity index is 504. The molecular formula is C10H13N5S2. The number of rotatable bonds is 2. The van der Waals surface area contributed by atoms with Crippen LogP contribution in [0.2, 0.25) is 0 Å². The van der Waals surface area contributed by atoms with Gasteiger partial charge in [0.25, 0.3) is 0 Å². The van der Waals surface area contributed by atoms with Crippen LogP contribution in [0.1, 0.15) is 26.6 Å².